The standard InChI is InChI=1S/C11H10BrF3N2O3S/c12-8-2-1-6(5-7(8)9(18)19)17-10(20)16-3-4-21-11(13,14)15/h1-2,5H,3-4H2,(H,18,19)(H2,16,17,20). The number of carbonyl (C=O) groups excluding carboxylic acids is 1. The van der Waals surface area contributed by atoms with Crippen molar-refractivity contribution in [2.45, 2.75) is 5.51 Å². The van der Waals surface area contributed by atoms with Gasteiger partial charge in [-0.3, -0.25) is 0 Å². The van der Waals surface area contributed by atoms with E-state index in [1.165, 1.54) is 18.2 Å². The average Bonchev–Trinajstić information content (AvgIpc) is 2.35. The highest BCUT2D eigenvalue weighted by Gasteiger charge is 2.27. The van der Waals surface area contributed by atoms with Gasteiger partial charge in [-0.15, -0.1) is 0 Å². The molecule has 0 radical (unpaired) electrons. The number of thioether (sulfide) groups is 1. The molecule has 10 heteroatoms. The number of amides is 2. The van der Waals surface area contributed by atoms with E-state index in [2.05, 4.69) is 26.6 Å². The zero-order valence-electron chi connectivity index (χ0n) is 10.3. The SMILES string of the molecule is O=C(NCCSC(F)(F)F)Nc1ccc(Br)c(C(=O)O)c1. The fourth-order valence-corrected chi connectivity index (χ4v) is 2.13. The van der Waals surface area contributed by atoms with Crippen molar-refractivity contribution in [1.29, 1.82) is 0 Å². The molecule has 1 aromatic carbocycles. The second-order valence-corrected chi connectivity index (χ2v) is 5.69. The molecule has 116 valence electrons. The molecule has 1 aromatic rings. The summed E-state index contributed by atoms with van der Waals surface area (Å²) in [5.41, 5.74) is -4.16. The predicted molar refractivity (Wildman–Crippen MR) is 76.6 cm³/mol. The molecule has 0 spiro atoms. The van der Waals surface area contributed by atoms with Crippen LogP contribution in [-0.2, 0) is 0 Å². The van der Waals surface area contributed by atoms with Crippen molar-refractivity contribution < 1.29 is 27.9 Å². The van der Waals surface area contributed by atoms with Gasteiger partial charge in [0.1, 0.15) is 0 Å². The Labute approximate surface area is 130 Å². The lowest BCUT2D eigenvalue weighted by atomic mass is 10.2. The number of benzene rings is 1. The van der Waals surface area contributed by atoms with Gasteiger partial charge in [0.25, 0.3) is 0 Å². The van der Waals surface area contributed by atoms with Gasteiger partial charge in [0, 0.05) is 22.5 Å². The number of urea groups is 1. The average molecular weight is 387 g/mol. The van der Waals surface area contributed by atoms with Gasteiger partial charge < -0.3 is 15.7 Å². The van der Waals surface area contributed by atoms with Crippen molar-refractivity contribution >= 4 is 45.4 Å². The van der Waals surface area contributed by atoms with Crippen LogP contribution in [0.3, 0.4) is 0 Å². The number of alkyl halides is 3. The quantitative estimate of drug-likeness (QED) is 0.676. The molecule has 0 saturated carbocycles. The third-order valence-electron chi connectivity index (χ3n) is 2.11. The number of hydrogen-bond acceptors (Lipinski definition) is 3. The fraction of sp³-hybridized carbons (Fsp3) is 0.273. The summed E-state index contributed by atoms with van der Waals surface area (Å²) in [6.45, 7) is -0.168. The van der Waals surface area contributed by atoms with Crippen LogP contribution in [0.15, 0.2) is 22.7 Å². The first-order valence-corrected chi connectivity index (χ1v) is 7.25. The van der Waals surface area contributed by atoms with E-state index in [0.717, 1.165) is 0 Å². The van der Waals surface area contributed by atoms with E-state index in [1.807, 2.05) is 0 Å². The number of rotatable bonds is 5. The number of anilines is 1. The predicted octanol–water partition coefficient (Wildman–Crippen LogP) is 3.52. The monoisotopic (exact) mass is 386 g/mol. The van der Waals surface area contributed by atoms with E-state index in [-0.39, 0.29) is 35.3 Å². The number of carbonyl (C=O) groups is 2. The van der Waals surface area contributed by atoms with Crippen LogP contribution in [0.1, 0.15) is 10.4 Å². The minimum atomic E-state index is -4.33. The van der Waals surface area contributed by atoms with Gasteiger partial charge in [-0.1, -0.05) is 0 Å². The highest BCUT2D eigenvalue weighted by Crippen LogP contribution is 2.29. The highest BCUT2D eigenvalue weighted by atomic mass is 79.9. The molecule has 3 N–H and O–H groups in total. The molecule has 0 heterocycles. The van der Waals surface area contributed by atoms with Crippen LogP contribution in [0, 0.1) is 0 Å². The van der Waals surface area contributed by atoms with E-state index in [1.54, 1.807) is 0 Å². The van der Waals surface area contributed by atoms with E-state index in [4.69, 9.17) is 5.11 Å². The number of halogens is 4. The summed E-state index contributed by atoms with van der Waals surface area (Å²) in [6, 6.07) is 3.42. The second kappa shape index (κ2) is 7.55. The first-order chi connectivity index (χ1) is 9.69. The van der Waals surface area contributed by atoms with Crippen molar-refractivity contribution in [2.75, 3.05) is 17.6 Å². The molecular formula is C11H10BrF3N2O3S. The molecule has 0 aliphatic rings. The molecular weight excluding hydrogens is 377 g/mol. The van der Waals surface area contributed by atoms with Crippen LogP contribution in [0.5, 0.6) is 0 Å². The lowest BCUT2D eigenvalue weighted by Crippen LogP contribution is -2.31. The van der Waals surface area contributed by atoms with Crippen molar-refractivity contribution in [2.24, 2.45) is 0 Å². The molecule has 0 unspecified atom stereocenters. The Bertz CT molecular complexity index is 540. The van der Waals surface area contributed by atoms with Crippen molar-refractivity contribution in [3.8, 4) is 0 Å². The summed E-state index contributed by atoms with van der Waals surface area (Å²) in [7, 11) is 0. The third kappa shape index (κ3) is 6.71. The molecule has 0 aliphatic carbocycles. The van der Waals surface area contributed by atoms with Crippen LogP contribution in [0.4, 0.5) is 23.7 Å². The van der Waals surface area contributed by atoms with Gasteiger partial charge >= 0.3 is 17.5 Å². The zero-order valence-corrected chi connectivity index (χ0v) is 12.7. The normalized spacial score (nSPS) is 11.0. The first kappa shape index (κ1) is 17.6. The van der Waals surface area contributed by atoms with Gasteiger partial charge in [0.2, 0.25) is 0 Å². The van der Waals surface area contributed by atoms with Gasteiger partial charge in [-0.2, -0.15) is 13.2 Å². The molecule has 0 atom stereocenters. The summed E-state index contributed by atoms with van der Waals surface area (Å²) < 4.78 is 35.9. The Morgan fingerprint density at radius 3 is 2.57 bits per heavy atom. The van der Waals surface area contributed by atoms with E-state index in [9.17, 15) is 22.8 Å². The lowest BCUT2D eigenvalue weighted by molar-refractivity contribution is -0.0327. The van der Waals surface area contributed by atoms with Crippen LogP contribution < -0.4 is 10.6 Å². The highest BCUT2D eigenvalue weighted by molar-refractivity contribution is 9.10. The summed E-state index contributed by atoms with van der Waals surface area (Å²) >= 11 is 2.81. The van der Waals surface area contributed by atoms with Gasteiger partial charge in [0.05, 0.1) is 5.56 Å². The number of nitrogens with one attached hydrogen (secondary N) is 2. The largest absolute Gasteiger partial charge is 0.478 e. The van der Waals surface area contributed by atoms with Crippen molar-refractivity contribution in [1.82, 2.24) is 5.32 Å². The fourth-order valence-electron chi connectivity index (χ4n) is 1.27. The van der Waals surface area contributed by atoms with Crippen molar-refractivity contribution in [3.63, 3.8) is 0 Å². The number of hydrogen-bond donors (Lipinski definition) is 3. The van der Waals surface area contributed by atoms with Crippen LogP contribution in [-0.4, -0.2) is 34.9 Å². The van der Waals surface area contributed by atoms with E-state index >= 15 is 0 Å². The maximum atomic E-state index is 11.9. The molecule has 0 aliphatic heterocycles. The maximum Gasteiger partial charge on any atom is 0.441 e. The second-order valence-electron chi connectivity index (χ2n) is 3.67. The molecule has 0 fully saturated rings. The molecule has 21 heavy (non-hydrogen) atoms. The smallest absolute Gasteiger partial charge is 0.441 e. The minimum absolute atomic E-state index is 0.0413. The van der Waals surface area contributed by atoms with Crippen LogP contribution in [0.2, 0.25) is 0 Å². The molecule has 0 aromatic heterocycles. The molecule has 5 nitrogen and oxygen atoms in total. The van der Waals surface area contributed by atoms with Gasteiger partial charge in [-0.05, 0) is 45.9 Å². The van der Waals surface area contributed by atoms with Crippen LogP contribution in [0.25, 0.3) is 0 Å². The van der Waals surface area contributed by atoms with E-state index < -0.39 is 17.5 Å². The Kier molecular flexibility index (Phi) is 6.34. The van der Waals surface area contributed by atoms with Crippen LogP contribution >= 0.6 is 27.7 Å². The maximum absolute atomic E-state index is 11.9. The Hall–Kier alpha value is -1.42. The van der Waals surface area contributed by atoms with Gasteiger partial charge in [-0.25, -0.2) is 9.59 Å². The summed E-state index contributed by atoms with van der Waals surface area (Å²) in [5.74, 6) is -1.48. The molecule has 0 saturated heterocycles. The topological polar surface area (TPSA) is 78.4 Å². The lowest BCUT2D eigenvalue weighted by Gasteiger charge is -2.09. The molecule has 0 bridgehead atoms. The molecule has 1 rings (SSSR count). The Morgan fingerprint density at radius 2 is 2.00 bits per heavy atom. The summed E-state index contributed by atoms with van der Waals surface area (Å²) in [4.78, 5) is 22.3. The molecule has 2 amide bonds. The number of carboxylic acids is 1. The Balaban J connectivity index is 2.48. The summed E-state index contributed by atoms with van der Waals surface area (Å²) in [5, 5.41) is 13.5. The van der Waals surface area contributed by atoms with Crippen molar-refractivity contribution in [3.05, 3.63) is 28.2 Å². The van der Waals surface area contributed by atoms with Gasteiger partial charge in [0.15, 0.2) is 0 Å². The Morgan fingerprint density at radius 1 is 1.33 bits per heavy atom. The third-order valence-corrected chi connectivity index (χ3v) is 3.54. The first-order valence-electron chi connectivity index (χ1n) is 5.47. The number of carboxylic acid groups (broad SMARTS) is 1. The minimum Gasteiger partial charge on any atom is -0.478 e. The number of aromatic carboxylic acids is 1. The van der Waals surface area contributed by atoms with E-state index in [0.29, 0.717) is 4.47 Å². The zero-order chi connectivity index (χ0) is 16.0. The summed E-state index contributed by atoms with van der Waals surface area (Å²) in [6.07, 6.45) is 0.